The minimum atomic E-state index is 0.0426. The number of hydrogen-bond acceptors (Lipinski definition) is 4. The SMILES string of the molecule is CC(C)Oc1cccc(Nc2ccc(C#N)cc2Cl)c1N. The van der Waals surface area contributed by atoms with Crippen LogP contribution >= 0.6 is 11.6 Å². The molecule has 4 nitrogen and oxygen atoms in total. The van der Waals surface area contributed by atoms with Crippen molar-refractivity contribution in [3.05, 3.63) is 47.0 Å². The predicted octanol–water partition coefficient (Wildman–Crippen LogP) is 4.32. The standard InChI is InChI=1S/C16H16ClN3O/c1-10(2)21-15-5-3-4-14(16(15)19)20-13-7-6-11(9-18)8-12(13)17/h3-8,10,20H,19H2,1-2H3. The van der Waals surface area contributed by atoms with Crippen LogP contribution in [0.25, 0.3) is 0 Å². The molecule has 0 spiro atoms. The van der Waals surface area contributed by atoms with Gasteiger partial charge in [-0.25, -0.2) is 0 Å². The summed E-state index contributed by atoms with van der Waals surface area (Å²) in [6, 6.07) is 12.6. The van der Waals surface area contributed by atoms with Crippen molar-refractivity contribution >= 4 is 28.7 Å². The summed E-state index contributed by atoms with van der Waals surface area (Å²) in [5, 5.41) is 12.5. The van der Waals surface area contributed by atoms with E-state index in [9.17, 15) is 0 Å². The molecule has 0 fully saturated rings. The monoisotopic (exact) mass is 301 g/mol. The van der Waals surface area contributed by atoms with Gasteiger partial charge in [0.2, 0.25) is 0 Å². The van der Waals surface area contributed by atoms with Crippen LogP contribution in [0, 0.1) is 11.3 Å². The van der Waals surface area contributed by atoms with Gasteiger partial charge < -0.3 is 15.8 Å². The molecule has 2 rings (SSSR count). The quantitative estimate of drug-likeness (QED) is 0.825. The fraction of sp³-hybridized carbons (Fsp3) is 0.188. The number of nitrogens with two attached hydrogens (primary N) is 1. The lowest BCUT2D eigenvalue weighted by atomic mass is 10.2. The third-order valence-electron chi connectivity index (χ3n) is 2.80. The van der Waals surface area contributed by atoms with E-state index in [0.717, 1.165) is 0 Å². The summed E-state index contributed by atoms with van der Waals surface area (Å²) >= 11 is 6.15. The molecule has 0 radical (unpaired) electrons. The first-order chi connectivity index (χ1) is 10.0. The summed E-state index contributed by atoms with van der Waals surface area (Å²) in [5.74, 6) is 0.625. The van der Waals surface area contributed by atoms with Gasteiger partial charge in [0.25, 0.3) is 0 Å². The van der Waals surface area contributed by atoms with E-state index >= 15 is 0 Å². The second-order valence-corrected chi connectivity index (χ2v) is 5.22. The van der Waals surface area contributed by atoms with Gasteiger partial charge >= 0.3 is 0 Å². The Kier molecular flexibility index (Phi) is 4.56. The first kappa shape index (κ1) is 15.0. The molecule has 0 atom stereocenters. The number of nitrogen functional groups attached to an aromatic ring is 1. The van der Waals surface area contributed by atoms with E-state index < -0.39 is 0 Å². The molecule has 0 aliphatic heterocycles. The van der Waals surface area contributed by atoms with Crippen molar-refractivity contribution in [1.82, 2.24) is 0 Å². The van der Waals surface area contributed by atoms with Crippen LogP contribution in [0.4, 0.5) is 17.1 Å². The molecule has 0 amide bonds. The van der Waals surface area contributed by atoms with E-state index in [4.69, 9.17) is 27.3 Å². The lowest BCUT2D eigenvalue weighted by Crippen LogP contribution is -2.08. The topological polar surface area (TPSA) is 71.1 Å². The normalized spacial score (nSPS) is 10.2. The molecular formula is C16H16ClN3O. The van der Waals surface area contributed by atoms with Crippen molar-refractivity contribution in [3.63, 3.8) is 0 Å². The van der Waals surface area contributed by atoms with Crippen LogP contribution in [0.15, 0.2) is 36.4 Å². The predicted molar refractivity (Wildman–Crippen MR) is 86.1 cm³/mol. The molecule has 0 aliphatic rings. The van der Waals surface area contributed by atoms with Crippen LogP contribution in [0.2, 0.25) is 5.02 Å². The minimum absolute atomic E-state index is 0.0426. The number of para-hydroxylation sites is 1. The maximum absolute atomic E-state index is 8.84. The van der Waals surface area contributed by atoms with Gasteiger partial charge in [0.05, 0.1) is 39.8 Å². The molecule has 21 heavy (non-hydrogen) atoms. The van der Waals surface area contributed by atoms with Gasteiger partial charge in [0.15, 0.2) is 0 Å². The van der Waals surface area contributed by atoms with E-state index in [-0.39, 0.29) is 6.10 Å². The highest BCUT2D eigenvalue weighted by atomic mass is 35.5. The summed E-state index contributed by atoms with van der Waals surface area (Å²) in [7, 11) is 0. The molecule has 0 saturated carbocycles. The molecule has 0 heterocycles. The maximum atomic E-state index is 8.84. The van der Waals surface area contributed by atoms with Crippen molar-refractivity contribution in [1.29, 1.82) is 5.26 Å². The minimum Gasteiger partial charge on any atom is -0.489 e. The van der Waals surface area contributed by atoms with Crippen molar-refractivity contribution in [2.45, 2.75) is 20.0 Å². The Labute approximate surface area is 129 Å². The Morgan fingerprint density at radius 2 is 2.00 bits per heavy atom. The smallest absolute Gasteiger partial charge is 0.144 e. The van der Waals surface area contributed by atoms with Gasteiger partial charge in [-0.15, -0.1) is 0 Å². The number of nitrogens with one attached hydrogen (secondary N) is 1. The number of anilines is 3. The first-order valence-corrected chi connectivity index (χ1v) is 6.91. The molecule has 108 valence electrons. The highest BCUT2D eigenvalue weighted by Gasteiger charge is 2.09. The number of benzene rings is 2. The number of hydrogen-bond donors (Lipinski definition) is 2. The van der Waals surface area contributed by atoms with E-state index in [1.807, 2.05) is 38.1 Å². The molecule has 2 aromatic carbocycles. The Morgan fingerprint density at radius 1 is 1.24 bits per heavy atom. The molecule has 0 aliphatic carbocycles. The molecule has 5 heteroatoms. The lowest BCUT2D eigenvalue weighted by Gasteiger charge is -2.16. The van der Waals surface area contributed by atoms with E-state index in [0.29, 0.717) is 33.4 Å². The largest absolute Gasteiger partial charge is 0.489 e. The number of nitriles is 1. The summed E-state index contributed by atoms with van der Waals surface area (Å²) in [5.41, 5.74) is 8.52. The first-order valence-electron chi connectivity index (χ1n) is 6.53. The molecule has 3 N–H and O–H groups in total. The van der Waals surface area contributed by atoms with Gasteiger partial charge in [-0.3, -0.25) is 0 Å². The summed E-state index contributed by atoms with van der Waals surface area (Å²) in [6.45, 7) is 3.88. The van der Waals surface area contributed by atoms with Crippen LogP contribution in [-0.4, -0.2) is 6.10 Å². The van der Waals surface area contributed by atoms with Gasteiger partial charge in [0.1, 0.15) is 5.75 Å². The maximum Gasteiger partial charge on any atom is 0.144 e. The second kappa shape index (κ2) is 6.38. The van der Waals surface area contributed by atoms with Crippen LogP contribution in [0.5, 0.6) is 5.75 Å². The highest BCUT2D eigenvalue weighted by molar-refractivity contribution is 6.33. The Bertz CT molecular complexity index is 692. The van der Waals surface area contributed by atoms with Crippen molar-refractivity contribution in [3.8, 4) is 11.8 Å². The second-order valence-electron chi connectivity index (χ2n) is 4.82. The number of rotatable bonds is 4. The van der Waals surface area contributed by atoms with Gasteiger partial charge in [0, 0.05) is 0 Å². The van der Waals surface area contributed by atoms with Crippen LogP contribution in [0.3, 0.4) is 0 Å². The summed E-state index contributed by atoms with van der Waals surface area (Å²) in [4.78, 5) is 0. The lowest BCUT2D eigenvalue weighted by molar-refractivity contribution is 0.244. The van der Waals surface area contributed by atoms with Gasteiger partial charge in [-0.2, -0.15) is 5.26 Å². The molecule has 0 bridgehead atoms. The molecule has 0 saturated heterocycles. The zero-order chi connectivity index (χ0) is 15.4. The highest BCUT2D eigenvalue weighted by Crippen LogP contribution is 2.34. The van der Waals surface area contributed by atoms with Crippen LogP contribution < -0.4 is 15.8 Å². The Morgan fingerprint density at radius 3 is 2.62 bits per heavy atom. The zero-order valence-corrected chi connectivity index (χ0v) is 12.6. The number of halogens is 1. The van der Waals surface area contributed by atoms with Crippen molar-refractivity contribution in [2.24, 2.45) is 0 Å². The zero-order valence-electron chi connectivity index (χ0n) is 11.9. The Balaban J connectivity index is 2.30. The fourth-order valence-corrected chi connectivity index (χ4v) is 2.07. The average molecular weight is 302 g/mol. The molecule has 0 unspecified atom stereocenters. The molecule has 2 aromatic rings. The van der Waals surface area contributed by atoms with E-state index in [2.05, 4.69) is 5.32 Å². The molecule has 0 aromatic heterocycles. The Hall–Kier alpha value is -2.38. The number of nitrogens with zero attached hydrogens (tertiary/aromatic N) is 1. The third-order valence-corrected chi connectivity index (χ3v) is 3.11. The van der Waals surface area contributed by atoms with Crippen molar-refractivity contribution in [2.75, 3.05) is 11.1 Å². The van der Waals surface area contributed by atoms with Gasteiger partial charge in [-0.05, 0) is 44.2 Å². The average Bonchev–Trinajstić information content (AvgIpc) is 2.44. The van der Waals surface area contributed by atoms with Crippen molar-refractivity contribution < 1.29 is 4.74 Å². The van der Waals surface area contributed by atoms with Gasteiger partial charge in [-0.1, -0.05) is 17.7 Å². The van der Waals surface area contributed by atoms with E-state index in [1.165, 1.54) is 0 Å². The fourth-order valence-electron chi connectivity index (χ4n) is 1.84. The molecular weight excluding hydrogens is 286 g/mol. The van der Waals surface area contributed by atoms with Crippen LogP contribution in [0.1, 0.15) is 19.4 Å². The number of ether oxygens (including phenoxy) is 1. The summed E-state index contributed by atoms with van der Waals surface area (Å²) < 4.78 is 5.65. The van der Waals surface area contributed by atoms with Crippen LogP contribution in [-0.2, 0) is 0 Å². The summed E-state index contributed by atoms with van der Waals surface area (Å²) in [6.07, 6.45) is 0.0426. The third kappa shape index (κ3) is 3.59. The van der Waals surface area contributed by atoms with E-state index in [1.54, 1.807) is 18.2 Å².